The van der Waals surface area contributed by atoms with Crippen LogP contribution >= 0.6 is 0 Å². The molecule has 2 heterocycles. The Balaban J connectivity index is 1.41. The number of imide groups is 1. The number of hydrogen-bond donors (Lipinski definition) is 1. The van der Waals surface area contributed by atoms with Crippen LogP contribution in [0.3, 0.4) is 0 Å². The van der Waals surface area contributed by atoms with Crippen LogP contribution in [-0.4, -0.2) is 67.1 Å². The molecule has 8 nitrogen and oxygen atoms in total. The van der Waals surface area contributed by atoms with Crippen LogP contribution in [0.15, 0.2) is 48.5 Å². The summed E-state index contributed by atoms with van der Waals surface area (Å²) in [6.45, 7) is 2.89. The summed E-state index contributed by atoms with van der Waals surface area (Å²) >= 11 is 0. The van der Waals surface area contributed by atoms with Crippen molar-refractivity contribution in [3.63, 3.8) is 0 Å². The van der Waals surface area contributed by atoms with Crippen LogP contribution in [0.2, 0.25) is 0 Å². The van der Waals surface area contributed by atoms with Crippen molar-refractivity contribution in [3.05, 3.63) is 54.1 Å². The second-order valence-corrected chi connectivity index (χ2v) is 7.36. The number of amides is 2. The second-order valence-electron chi connectivity index (χ2n) is 7.36. The number of ether oxygens (including phenoxy) is 1. The van der Waals surface area contributed by atoms with Crippen molar-refractivity contribution in [1.82, 2.24) is 4.90 Å². The molecule has 0 saturated carbocycles. The molecule has 2 aliphatic heterocycles. The van der Waals surface area contributed by atoms with E-state index in [-0.39, 0.29) is 23.8 Å². The van der Waals surface area contributed by atoms with E-state index >= 15 is 0 Å². The van der Waals surface area contributed by atoms with Gasteiger partial charge in [0.25, 0.3) is 5.91 Å². The van der Waals surface area contributed by atoms with Gasteiger partial charge in [0, 0.05) is 31.9 Å². The van der Waals surface area contributed by atoms with E-state index in [1.54, 1.807) is 7.11 Å². The normalized spacial score (nSPS) is 20.0. The number of methoxy groups -OCH3 is 1. The van der Waals surface area contributed by atoms with E-state index in [1.807, 2.05) is 24.3 Å². The molecule has 0 aliphatic carbocycles. The Morgan fingerprint density at radius 1 is 0.933 bits per heavy atom. The highest BCUT2D eigenvalue weighted by atomic mass is 16.5. The molecule has 0 bridgehead atoms. The fourth-order valence-corrected chi connectivity index (χ4v) is 4.01. The van der Waals surface area contributed by atoms with Gasteiger partial charge in [-0.25, -0.2) is 9.69 Å². The van der Waals surface area contributed by atoms with Crippen molar-refractivity contribution in [2.75, 3.05) is 43.1 Å². The monoisotopic (exact) mass is 409 g/mol. The number of rotatable bonds is 5. The quantitative estimate of drug-likeness (QED) is 0.754. The Kier molecular flexibility index (Phi) is 5.41. The standard InChI is InChI=1S/C22H23N3O5/c1-30-18-8-6-16(7-9-18)23-10-12-24(13-11-23)19-14-20(26)25(21(19)27)17-4-2-15(3-5-17)22(28)29/h2-9,19H,10-14H2,1H3,(H,28,29)/t19-/m1/s1. The van der Waals surface area contributed by atoms with Crippen LogP contribution in [0.5, 0.6) is 5.75 Å². The molecule has 2 aliphatic rings. The largest absolute Gasteiger partial charge is 0.497 e. The van der Waals surface area contributed by atoms with Gasteiger partial charge in [-0.2, -0.15) is 0 Å². The van der Waals surface area contributed by atoms with Gasteiger partial charge in [-0.3, -0.25) is 14.5 Å². The first kappa shape index (κ1) is 19.9. The summed E-state index contributed by atoms with van der Waals surface area (Å²) in [5.41, 5.74) is 1.63. The smallest absolute Gasteiger partial charge is 0.335 e. The Morgan fingerprint density at radius 2 is 1.53 bits per heavy atom. The van der Waals surface area contributed by atoms with E-state index in [1.165, 1.54) is 29.2 Å². The molecule has 0 aromatic heterocycles. The van der Waals surface area contributed by atoms with E-state index in [0.29, 0.717) is 18.8 Å². The maximum absolute atomic E-state index is 13.0. The SMILES string of the molecule is COc1ccc(N2CCN([C@@H]3CC(=O)N(c4ccc(C(=O)O)cc4)C3=O)CC2)cc1. The molecule has 2 aromatic carbocycles. The maximum Gasteiger partial charge on any atom is 0.335 e. The van der Waals surface area contributed by atoms with Gasteiger partial charge < -0.3 is 14.7 Å². The van der Waals surface area contributed by atoms with Crippen LogP contribution in [0.1, 0.15) is 16.8 Å². The molecule has 0 unspecified atom stereocenters. The summed E-state index contributed by atoms with van der Waals surface area (Å²) in [6.07, 6.45) is 0.141. The minimum Gasteiger partial charge on any atom is -0.497 e. The molecule has 2 fully saturated rings. The Labute approximate surface area is 174 Å². The number of nitrogens with zero attached hydrogens (tertiary/aromatic N) is 3. The summed E-state index contributed by atoms with van der Waals surface area (Å²) < 4.78 is 5.20. The third kappa shape index (κ3) is 3.73. The zero-order chi connectivity index (χ0) is 21.3. The van der Waals surface area contributed by atoms with E-state index in [9.17, 15) is 14.4 Å². The van der Waals surface area contributed by atoms with Gasteiger partial charge in [0.05, 0.1) is 30.8 Å². The third-order valence-corrected chi connectivity index (χ3v) is 5.69. The van der Waals surface area contributed by atoms with E-state index < -0.39 is 12.0 Å². The summed E-state index contributed by atoms with van der Waals surface area (Å²) in [4.78, 5) is 42.0. The van der Waals surface area contributed by atoms with E-state index in [2.05, 4.69) is 9.80 Å². The van der Waals surface area contributed by atoms with E-state index in [0.717, 1.165) is 24.5 Å². The minimum absolute atomic E-state index is 0.115. The first-order valence-corrected chi connectivity index (χ1v) is 9.81. The molecule has 2 aromatic rings. The number of carboxylic acids is 1. The molecule has 8 heteroatoms. The van der Waals surface area contributed by atoms with Crippen molar-refractivity contribution >= 4 is 29.2 Å². The first-order chi connectivity index (χ1) is 14.5. The number of benzene rings is 2. The Bertz CT molecular complexity index is 950. The summed E-state index contributed by atoms with van der Waals surface area (Å²) in [5, 5.41) is 9.02. The predicted octanol–water partition coefficient (Wildman–Crippen LogP) is 1.85. The molecule has 30 heavy (non-hydrogen) atoms. The van der Waals surface area contributed by atoms with Crippen molar-refractivity contribution in [2.45, 2.75) is 12.5 Å². The van der Waals surface area contributed by atoms with Gasteiger partial charge >= 0.3 is 5.97 Å². The molecule has 0 spiro atoms. The second kappa shape index (κ2) is 8.16. The van der Waals surface area contributed by atoms with Crippen LogP contribution in [0, 0.1) is 0 Å². The van der Waals surface area contributed by atoms with Gasteiger partial charge in [0.15, 0.2) is 0 Å². The molecule has 4 rings (SSSR count). The number of carbonyl (C=O) groups excluding carboxylic acids is 2. The lowest BCUT2D eigenvalue weighted by Crippen LogP contribution is -2.52. The number of carboxylic acid groups (broad SMARTS) is 1. The van der Waals surface area contributed by atoms with Gasteiger partial charge in [0.1, 0.15) is 5.75 Å². The topological polar surface area (TPSA) is 90.4 Å². The lowest BCUT2D eigenvalue weighted by molar-refractivity contribution is -0.123. The molecule has 2 saturated heterocycles. The molecule has 156 valence electrons. The zero-order valence-corrected chi connectivity index (χ0v) is 16.7. The van der Waals surface area contributed by atoms with Crippen LogP contribution in [0.25, 0.3) is 0 Å². The van der Waals surface area contributed by atoms with Crippen LogP contribution in [-0.2, 0) is 9.59 Å². The Hall–Kier alpha value is -3.39. The fraction of sp³-hybridized carbons (Fsp3) is 0.318. The zero-order valence-electron chi connectivity index (χ0n) is 16.7. The highest BCUT2D eigenvalue weighted by Gasteiger charge is 2.43. The van der Waals surface area contributed by atoms with Gasteiger partial charge in [-0.1, -0.05) is 0 Å². The predicted molar refractivity (Wildman–Crippen MR) is 111 cm³/mol. The minimum atomic E-state index is -1.05. The highest BCUT2D eigenvalue weighted by molar-refractivity contribution is 6.22. The third-order valence-electron chi connectivity index (χ3n) is 5.69. The molecule has 2 amide bonds. The average Bonchev–Trinajstić information content (AvgIpc) is 3.08. The van der Waals surface area contributed by atoms with Gasteiger partial charge in [-0.15, -0.1) is 0 Å². The maximum atomic E-state index is 13.0. The summed E-state index contributed by atoms with van der Waals surface area (Å²) in [5.74, 6) is -0.746. The molecular formula is C22H23N3O5. The van der Waals surface area contributed by atoms with Crippen molar-refractivity contribution < 1.29 is 24.2 Å². The molecule has 1 atom stereocenters. The summed E-state index contributed by atoms with van der Waals surface area (Å²) in [7, 11) is 1.64. The highest BCUT2D eigenvalue weighted by Crippen LogP contribution is 2.28. The molecular weight excluding hydrogens is 386 g/mol. The van der Waals surface area contributed by atoms with Gasteiger partial charge in [-0.05, 0) is 48.5 Å². The number of piperazine rings is 1. The van der Waals surface area contributed by atoms with Crippen LogP contribution in [0.4, 0.5) is 11.4 Å². The number of aromatic carboxylic acids is 1. The van der Waals surface area contributed by atoms with Crippen molar-refractivity contribution in [1.29, 1.82) is 0 Å². The van der Waals surface area contributed by atoms with Crippen molar-refractivity contribution in [2.24, 2.45) is 0 Å². The lowest BCUT2D eigenvalue weighted by Gasteiger charge is -2.38. The summed E-state index contributed by atoms with van der Waals surface area (Å²) in [6, 6.07) is 13.2. The number of anilines is 2. The fourth-order valence-electron chi connectivity index (χ4n) is 4.01. The first-order valence-electron chi connectivity index (χ1n) is 9.81. The van der Waals surface area contributed by atoms with Gasteiger partial charge in [0.2, 0.25) is 5.91 Å². The number of carbonyl (C=O) groups is 3. The van der Waals surface area contributed by atoms with Crippen molar-refractivity contribution in [3.8, 4) is 5.75 Å². The average molecular weight is 409 g/mol. The lowest BCUT2D eigenvalue weighted by atomic mass is 10.1. The number of hydrogen-bond acceptors (Lipinski definition) is 6. The molecule has 1 N–H and O–H groups in total. The molecule has 0 radical (unpaired) electrons. The van der Waals surface area contributed by atoms with Crippen LogP contribution < -0.4 is 14.5 Å². The van der Waals surface area contributed by atoms with E-state index in [4.69, 9.17) is 9.84 Å². The Morgan fingerprint density at radius 3 is 2.10 bits per heavy atom.